The second kappa shape index (κ2) is 7.58. The van der Waals surface area contributed by atoms with Gasteiger partial charge in [-0.25, -0.2) is 9.36 Å². The van der Waals surface area contributed by atoms with Crippen molar-refractivity contribution in [3.63, 3.8) is 0 Å². The maximum absolute atomic E-state index is 12.4. The number of aromatic nitrogens is 2. The van der Waals surface area contributed by atoms with Gasteiger partial charge in [0.15, 0.2) is 0 Å². The molecule has 0 unspecified atom stereocenters. The van der Waals surface area contributed by atoms with Crippen LogP contribution in [0.3, 0.4) is 0 Å². The molecule has 0 aliphatic carbocycles. The van der Waals surface area contributed by atoms with Gasteiger partial charge in [-0.2, -0.15) is 0 Å². The van der Waals surface area contributed by atoms with Crippen molar-refractivity contribution in [3.8, 4) is 0 Å². The van der Waals surface area contributed by atoms with Crippen LogP contribution >= 0.6 is 11.8 Å². The van der Waals surface area contributed by atoms with Gasteiger partial charge in [0, 0.05) is 22.3 Å². The zero-order valence-corrected chi connectivity index (χ0v) is 13.8. The number of nitrogens with one attached hydrogen (secondary N) is 1. The average Bonchev–Trinajstić information content (AvgIpc) is 2.98. The third-order valence-electron chi connectivity index (χ3n) is 3.78. The van der Waals surface area contributed by atoms with Crippen molar-refractivity contribution < 1.29 is 9.84 Å². The summed E-state index contributed by atoms with van der Waals surface area (Å²) in [5.41, 5.74) is 7.43. The van der Waals surface area contributed by atoms with Gasteiger partial charge in [-0.3, -0.25) is 4.79 Å². The molecule has 0 bridgehead atoms. The number of benzene rings is 1. The van der Waals surface area contributed by atoms with E-state index in [1.54, 1.807) is 0 Å². The molecule has 3 rings (SSSR count). The molecule has 1 aromatic heterocycles. The van der Waals surface area contributed by atoms with Gasteiger partial charge in [-0.05, 0) is 17.7 Å². The summed E-state index contributed by atoms with van der Waals surface area (Å²) in [6.45, 7) is -0.366. The predicted octanol–water partition coefficient (Wildman–Crippen LogP) is 1.65. The molecule has 1 saturated heterocycles. The van der Waals surface area contributed by atoms with E-state index in [9.17, 15) is 14.7 Å². The molecular formula is C15H15N5O4S. The van der Waals surface area contributed by atoms with Gasteiger partial charge in [-0.1, -0.05) is 35.1 Å². The van der Waals surface area contributed by atoms with E-state index in [1.807, 2.05) is 30.3 Å². The monoisotopic (exact) mass is 361 g/mol. The Morgan fingerprint density at radius 1 is 1.40 bits per heavy atom. The zero-order valence-electron chi connectivity index (χ0n) is 13.0. The Morgan fingerprint density at radius 2 is 2.16 bits per heavy atom. The van der Waals surface area contributed by atoms with E-state index in [0.717, 1.165) is 9.46 Å². The number of azide groups is 1. The van der Waals surface area contributed by atoms with Crippen molar-refractivity contribution >= 4 is 11.8 Å². The lowest BCUT2D eigenvalue weighted by Gasteiger charge is -2.14. The Balaban J connectivity index is 1.87. The summed E-state index contributed by atoms with van der Waals surface area (Å²) in [4.78, 5) is 31.0. The van der Waals surface area contributed by atoms with Gasteiger partial charge >= 0.3 is 5.69 Å². The van der Waals surface area contributed by atoms with E-state index in [1.165, 1.54) is 17.8 Å². The summed E-state index contributed by atoms with van der Waals surface area (Å²) < 4.78 is 6.44. The fourth-order valence-corrected chi connectivity index (χ4v) is 3.50. The van der Waals surface area contributed by atoms with Gasteiger partial charge in [0.05, 0.1) is 23.8 Å². The first-order chi connectivity index (χ1) is 12.1. The van der Waals surface area contributed by atoms with Crippen LogP contribution in [0.5, 0.6) is 0 Å². The summed E-state index contributed by atoms with van der Waals surface area (Å²) >= 11 is 1.26. The standard InChI is InChI=1S/C15H15N5O4S/c16-19-18-10-6-14(24-11(10)8-21)20-13(22)7-12(17-15(20)23)25-9-4-2-1-3-5-9/h1-5,7,10-11,14,21H,6,8H2,(H,17,23)/t10-,11+,14+/m0/s1. The van der Waals surface area contributed by atoms with Crippen molar-refractivity contribution in [1.82, 2.24) is 9.55 Å². The zero-order chi connectivity index (χ0) is 17.8. The fraction of sp³-hybridized carbons (Fsp3) is 0.333. The van der Waals surface area contributed by atoms with Crippen molar-refractivity contribution in [1.29, 1.82) is 0 Å². The van der Waals surface area contributed by atoms with Crippen LogP contribution in [0.1, 0.15) is 12.6 Å². The molecule has 1 aliphatic rings. The first-order valence-corrected chi connectivity index (χ1v) is 8.33. The Hall–Kier alpha value is -2.52. The molecule has 130 valence electrons. The van der Waals surface area contributed by atoms with Crippen LogP contribution in [-0.4, -0.2) is 33.4 Å². The third-order valence-corrected chi connectivity index (χ3v) is 4.73. The molecule has 0 amide bonds. The molecule has 2 N–H and O–H groups in total. The smallest absolute Gasteiger partial charge is 0.331 e. The molecule has 1 aromatic carbocycles. The van der Waals surface area contributed by atoms with Crippen LogP contribution in [0.2, 0.25) is 0 Å². The summed E-state index contributed by atoms with van der Waals surface area (Å²) in [5, 5.41) is 13.3. The SMILES string of the molecule is [N-]=[N+]=N[C@H]1C[C@H](n2c(=O)cc(Sc3ccccc3)[nH]c2=O)O[C@@H]1CO. The van der Waals surface area contributed by atoms with Gasteiger partial charge in [-0.15, -0.1) is 0 Å². The van der Waals surface area contributed by atoms with Crippen LogP contribution in [0.15, 0.2) is 61.0 Å². The average molecular weight is 361 g/mol. The highest BCUT2D eigenvalue weighted by atomic mass is 32.2. The lowest BCUT2D eigenvalue weighted by atomic mass is 10.1. The Bertz CT molecular complexity index is 875. The van der Waals surface area contributed by atoms with Crippen molar-refractivity contribution in [2.24, 2.45) is 5.11 Å². The van der Waals surface area contributed by atoms with Crippen LogP contribution < -0.4 is 11.2 Å². The summed E-state index contributed by atoms with van der Waals surface area (Å²) in [7, 11) is 0. The van der Waals surface area contributed by atoms with E-state index in [0.29, 0.717) is 5.03 Å². The lowest BCUT2D eigenvalue weighted by Crippen LogP contribution is -2.38. The highest BCUT2D eigenvalue weighted by Crippen LogP contribution is 2.29. The Labute approximate surface area is 145 Å². The van der Waals surface area contributed by atoms with Gasteiger partial charge < -0.3 is 14.8 Å². The van der Waals surface area contributed by atoms with Crippen LogP contribution in [0.4, 0.5) is 0 Å². The molecule has 9 nitrogen and oxygen atoms in total. The molecule has 0 radical (unpaired) electrons. The minimum atomic E-state index is -0.889. The molecule has 0 saturated carbocycles. The van der Waals surface area contributed by atoms with Gasteiger partial charge in [0.25, 0.3) is 5.56 Å². The van der Waals surface area contributed by atoms with Gasteiger partial charge in [0.2, 0.25) is 0 Å². The number of H-pyrrole nitrogens is 1. The molecule has 1 aliphatic heterocycles. The first kappa shape index (κ1) is 17.3. The lowest BCUT2D eigenvalue weighted by molar-refractivity contribution is -0.0286. The molecule has 2 heterocycles. The molecule has 25 heavy (non-hydrogen) atoms. The highest BCUT2D eigenvalue weighted by molar-refractivity contribution is 7.99. The van der Waals surface area contributed by atoms with Crippen molar-refractivity contribution in [2.75, 3.05) is 6.61 Å². The second-order valence-electron chi connectivity index (χ2n) is 5.38. The van der Waals surface area contributed by atoms with Crippen LogP contribution in [-0.2, 0) is 4.74 Å². The van der Waals surface area contributed by atoms with E-state index < -0.39 is 29.6 Å². The maximum atomic E-state index is 12.4. The quantitative estimate of drug-likeness (QED) is 0.361. The minimum absolute atomic E-state index is 0.142. The number of aliphatic hydroxyl groups is 1. The van der Waals surface area contributed by atoms with Crippen LogP contribution in [0.25, 0.3) is 10.4 Å². The number of ether oxygens (including phenoxy) is 1. The number of nitrogens with zero attached hydrogens (tertiary/aromatic N) is 4. The number of hydrogen-bond acceptors (Lipinski definition) is 6. The Kier molecular flexibility index (Phi) is 5.25. The molecular weight excluding hydrogens is 346 g/mol. The highest BCUT2D eigenvalue weighted by Gasteiger charge is 2.36. The normalized spacial score (nSPS) is 22.5. The topological polar surface area (TPSA) is 133 Å². The summed E-state index contributed by atoms with van der Waals surface area (Å²) in [5.74, 6) is 0. The van der Waals surface area contributed by atoms with Crippen molar-refractivity contribution in [2.45, 2.75) is 34.7 Å². The maximum Gasteiger partial charge on any atom is 0.331 e. The predicted molar refractivity (Wildman–Crippen MR) is 90.4 cm³/mol. The van der Waals surface area contributed by atoms with E-state index in [4.69, 9.17) is 10.3 Å². The fourth-order valence-electron chi connectivity index (χ4n) is 2.65. The largest absolute Gasteiger partial charge is 0.394 e. The molecule has 1 fully saturated rings. The van der Waals surface area contributed by atoms with Gasteiger partial charge in [0.1, 0.15) is 6.23 Å². The second-order valence-corrected chi connectivity index (χ2v) is 6.50. The molecule has 0 spiro atoms. The first-order valence-electron chi connectivity index (χ1n) is 7.51. The molecule has 10 heteroatoms. The van der Waals surface area contributed by atoms with E-state index in [2.05, 4.69) is 15.0 Å². The molecule has 2 aromatic rings. The van der Waals surface area contributed by atoms with Crippen molar-refractivity contribution in [3.05, 3.63) is 67.7 Å². The summed E-state index contributed by atoms with van der Waals surface area (Å²) in [6.07, 6.45) is -1.49. The number of aliphatic hydroxyl groups excluding tert-OH is 1. The number of aromatic amines is 1. The third kappa shape index (κ3) is 3.77. The molecule has 3 atom stereocenters. The minimum Gasteiger partial charge on any atom is -0.394 e. The van der Waals surface area contributed by atoms with E-state index in [-0.39, 0.29) is 13.0 Å². The van der Waals surface area contributed by atoms with Crippen LogP contribution in [0, 0.1) is 0 Å². The number of rotatable bonds is 5. The Morgan fingerprint density at radius 3 is 2.80 bits per heavy atom. The number of hydrogen-bond donors (Lipinski definition) is 2. The van der Waals surface area contributed by atoms with E-state index >= 15 is 0 Å². The summed E-state index contributed by atoms with van der Waals surface area (Å²) in [6, 6.07) is 10.0.